The molecule has 1 heterocycles. The molecule has 1 aliphatic carbocycles. The van der Waals surface area contributed by atoms with Crippen molar-refractivity contribution in [1.82, 2.24) is 15.1 Å². The molecular formula is C20H30N4O2. The fraction of sp³-hybridized carbons (Fsp3) is 0.600. The Bertz CT molecular complexity index is 599. The van der Waals surface area contributed by atoms with Crippen LogP contribution in [-0.4, -0.2) is 60.9 Å². The summed E-state index contributed by atoms with van der Waals surface area (Å²) >= 11 is 0. The molecule has 2 amide bonds. The number of benzene rings is 1. The zero-order valence-corrected chi connectivity index (χ0v) is 15.4. The van der Waals surface area contributed by atoms with Gasteiger partial charge in [0.25, 0.3) is 0 Å². The quantitative estimate of drug-likeness (QED) is 0.789. The predicted octanol–water partition coefficient (Wildman–Crippen LogP) is 0.822. The van der Waals surface area contributed by atoms with Crippen LogP contribution in [0.25, 0.3) is 0 Å². The van der Waals surface area contributed by atoms with Gasteiger partial charge in [-0.05, 0) is 30.9 Å². The molecule has 6 heteroatoms. The van der Waals surface area contributed by atoms with E-state index < -0.39 is 0 Å². The molecule has 1 aliphatic heterocycles. The van der Waals surface area contributed by atoms with Crippen molar-refractivity contribution in [1.29, 1.82) is 0 Å². The van der Waals surface area contributed by atoms with Gasteiger partial charge in [0, 0.05) is 38.6 Å². The second-order valence-electron chi connectivity index (χ2n) is 7.39. The molecule has 0 spiro atoms. The van der Waals surface area contributed by atoms with Crippen LogP contribution in [0, 0.1) is 11.8 Å². The molecule has 3 N–H and O–H groups in total. The first kappa shape index (κ1) is 18.9. The topological polar surface area (TPSA) is 78.7 Å². The van der Waals surface area contributed by atoms with Crippen LogP contribution in [0.5, 0.6) is 0 Å². The molecule has 2 fully saturated rings. The number of piperazine rings is 1. The average molecular weight is 358 g/mol. The summed E-state index contributed by atoms with van der Waals surface area (Å²) in [6.07, 6.45) is 2.96. The van der Waals surface area contributed by atoms with Gasteiger partial charge in [-0.15, -0.1) is 0 Å². The highest BCUT2D eigenvalue weighted by Gasteiger charge is 2.32. The highest BCUT2D eigenvalue weighted by molar-refractivity contribution is 5.86. The van der Waals surface area contributed by atoms with Gasteiger partial charge >= 0.3 is 0 Å². The standard InChI is InChI=1S/C20H30N4O2/c21-13-17-7-4-8-18(17)20(26)22-14-19(25)24-11-9-23(10-12-24)15-16-5-2-1-3-6-16/h1-3,5-6,17-18H,4,7-15,21H2,(H,22,26)/t17-,18-/m1/s1. The van der Waals surface area contributed by atoms with Gasteiger partial charge in [-0.1, -0.05) is 36.8 Å². The van der Waals surface area contributed by atoms with Gasteiger partial charge in [0.05, 0.1) is 6.54 Å². The molecule has 0 unspecified atom stereocenters. The number of carbonyl (C=O) groups excluding carboxylic acids is 2. The lowest BCUT2D eigenvalue weighted by Gasteiger charge is -2.35. The van der Waals surface area contributed by atoms with E-state index in [1.807, 2.05) is 11.0 Å². The van der Waals surface area contributed by atoms with Crippen LogP contribution < -0.4 is 11.1 Å². The van der Waals surface area contributed by atoms with Crippen LogP contribution in [0.15, 0.2) is 30.3 Å². The maximum atomic E-state index is 12.4. The molecule has 26 heavy (non-hydrogen) atoms. The van der Waals surface area contributed by atoms with Crippen LogP contribution in [-0.2, 0) is 16.1 Å². The first-order valence-corrected chi connectivity index (χ1v) is 9.69. The van der Waals surface area contributed by atoms with Gasteiger partial charge in [0.1, 0.15) is 0 Å². The summed E-state index contributed by atoms with van der Waals surface area (Å²) in [5.74, 6) is 0.260. The molecule has 0 bridgehead atoms. The van der Waals surface area contributed by atoms with Gasteiger partial charge in [0.15, 0.2) is 0 Å². The van der Waals surface area contributed by atoms with Crippen LogP contribution >= 0.6 is 0 Å². The van der Waals surface area contributed by atoms with Crippen molar-refractivity contribution < 1.29 is 9.59 Å². The van der Waals surface area contributed by atoms with Crippen molar-refractivity contribution in [2.45, 2.75) is 25.8 Å². The lowest BCUT2D eigenvalue weighted by atomic mass is 9.95. The van der Waals surface area contributed by atoms with Gasteiger partial charge in [-0.3, -0.25) is 14.5 Å². The fourth-order valence-corrected chi connectivity index (χ4v) is 4.07. The lowest BCUT2D eigenvalue weighted by Crippen LogP contribution is -2.51. The smallest absolute Gasteiger partial charge is 0.242 e. The number of nitrogens with one attached hydrogen (secondary N) is 1. The van der Waals surface area contributed by atoms with E-state index in [-0.39, 0.29) is 30.2 Å². The normalized spacial score (nSPS) is 23.8. The number of hydrogen-bond donors (Lipinski definition) is 2. The lowest BCUT2D eigenvalue weighted by molar-refractivity contribution is -0.135. The van der Waals surface area contributed by atoms with E-state index in [0.29, 0.717) is 6.54 Å². The van der Waals surface area contributed by atoms with E-state index in [9.17, 15) is 9.59 Å². The molecule has 2 atom stereocenters. The molecule has 2 aliphatic rings. The first-order chi connectivity index (χ1) is 12.7. The minimum absolute atomic E-state index is 0.00554. The third kappa shape index (κ3) is 4.83. The molecule has 1 saturated heterocycles. The summed E-state index contributed by atoms with van der Waals surface area (Å²) in [5, 5.41) is 2.84. The number of carbonyl (C=O) groups is 2. The van der Waals surface area contributed by atoms with Gasteiger partial charge in [-0.25, -0.2) is 0 Å². The second-order valence-corrected chi connectivity index (χ2v) is 7.39. The number of rotatable bonds is 6. The van der Waals surface area contributed by atoms with Crippen molar-refractivity contribution in [2.75, 3.05) is 39.3 Å². The summed E-state index contributed by atoms with van der Waals surface area (Å²) in [7, 11) is 0. The summed E-state index contributed by atoms with van der Waals surface area (Å²) in [6.45, 7) is 4.74. The zero-order chi connectivity index (χ0) is 18.4. The van der Waals surface area contributed by atoms with Crippen molar-refractivity contribution in [3.05, 3.63) is 35.9 Å². The van der Waals surface area contributed by atoms with Crippen LogP contribution in [0.1, 0.15) is 24.8 Å². The van der Waals surface area contributed by atoms with Crippen molar-refractivity contribution in [3.8, 4) is 0 Å². The molecule has 3 rings (SSSR count). The first-order valence-electron chi connectivity index (χ1n) is 9.69. The Morgan fingerprint density at radius 2 is 1.81 bits per heavy atom. The molecule has 0 aromatic heterocycles. The summed E-state index contributed by atoms with van der Waals surface area (Å²) < 4.78 is 0. The Balaban J connectivity index is 1.39. The van der Waals surface area contributed by atoms with Gasteiger partial charge in [0.2, 0.25) is 11.8 Å². The third-order valence-electron chi connectivity index (χ3n) is 5.69. The number of hydrogen-bond acceptors (Lipinski definition) is 4. The van der Waals surface area contributed by atoms with E-state index in [4.69, 9.17) is 5.73 Å². The number of nitrogens with two attached hydrogens (primary N) is 1. The van der Waals surface area contributed by atoms with Crippen molar-refractivity contribution in [3.63, 3.8) is 0 Å². The Morgan fingerprint density at radius 1 is 1.08 bits per heavy atom. The highest BCUT2D eigenvalue weighted by atomic mass is 16.2. The predicted molar refractivity (Wildman–Crippen MR) is 101 cm³/mol. The minimum Gasteiger partial charge on any atom is -0.347 e. The number of amides is 2. The third-order valence-corrected chi connectivity index (χ3v) is 5.69. The molecule has 142 valence electrons. The van der Waals surface area contributed by atoms with E-state index in [1.165, 1.54) is 5.56 Å². The Hall–Kier alpha value is -1.92. The highest BCUT2D eigenvalue weighted by Crippen LogP contribution is 2.30. The second kappa shape index (κ2) is 9.14. The van der Waals surface area contributed by atoms with Crippen molar-refractivity contribution >= 4 is 11.8 Å². The van der Waals surface area contributed by atoms with E-state index in [2.05, 4.69) is 34.5 Å². The average Bonchev–Trinajstić information content (AvgIpc) is 3.16. The summed E-state index contributed by atoms with van der Waals surface area (Å²) in [5.41, 5.74) is 7.04. The Kier molecular flexibility index (Phi) is 6.63. The molecule has 1 saturated carbocycles. The summed E-state index contributed by atoms with van der Waals surface area (Å²) in [4.78, 5) is 28.9. The minimum atomic E-state index is -0.0180. The van der Waals surface area contributed by atoms with Crippen LogP contribution in [0.2, 0.25) is 0 Å². The van der Waals surface area contributed by atoms with E-state index in [1.54, 1.807) is 0 Å². The maximum absolute atomic E-state index is 12.4. The maximum Gasteiger partial charge on any atom is 0.242 e. The van der Waals surface area contributed by atoms with E-state index in [0.717, 1.165) is 52.0 Å². The molecule has 1 aromatic rings. The van der Waals surface area contributed by atoms with Crippen molar-refractivity contribution in [2.24, 2.45) is 17.6 Å². The summed E-state index contributed by atoms with van der Waals surface area (Å²) in [6, 6.07) is 10.4. The Morgan fingerprint density at radius 3 is 2.50 bits per heavy atom. The molecular weight excluding hydrogens is 328 g/mol. The number of nitrogens with zero attached hydrogens (tertiary/aromatic N) is 2. The molecule has 1 aromatic carbocycles. The zero-order valence-electron chi connectivity index (χ0n) is 15.4. The van der Waals surface area contributed by atoms with Gasteiger partial charge in [-0.2, -0.15) is 0 Å². The van der Waals surface area contributed by atoms with Crippen LogP contribution in [0.3, 0.4) is 0 Å². The SMILES string of the molecule is NC[C@H]1CCC[C@H]1C(=O)NCC(=O)N1CCN(Cc2ccccc2)CC1. The Labute approximate surface area is 155 Å². The molecule has 0 radical (unpaired) electrons. The molecule has 6 nitrogen and oxygen atoms in total. The van der Waals surface area contributed by atoms with Gasteiger partial charge < -0.3 is 16.0 Å². The largest absolute Gasteiger partial charge is 0.347 e. The van der Waals surface area contributed by atoms with Crippen LogP contribution in [0.4, 0.5) is 0 Å². The monoisotopic (exact) mass is 358 g/mol. The van der Waals surface area contributed by atoms with E-state index >= 15 is 0 Å². The fourth-order valence-electron chi connectivity index (χ4n) is 4.07.